The molecular weight excluding hydrogens is 369 g/mol. The Morgan fingerprint density at radius 1 is 1.00 bits per heavy atom. The number of anilines is 2. The highest BCUT2D eigenvalue weighted by atomic mass is 19.1. The molecule has 0 radical (unpaired) electrons. The number of rotatable bonds is 10. The quantitative estimate of drug-likeness (QED) is 0.568. The van der Waals surface area contributed by atoms with Crippen LogP contribution in [0.2, 0.25) is 0 Å². The molecule has 0 heterocycles. The summed E-state index contributed by atoms with van der Waals surface area (Å²) < 4.78 is 13.0. The number of unbranched alkanes of at least 4 members (excludes halogenated alkanes) is 3. The summed E-state index contributed by atoms with van der Waals surface area (Å²) in [6.45, 7) is 2.43. The second kappa shape index (κ2) is 11.2. The highest BCUT2D eigenvalue weighted by molar-refractivity contribution is 6.02. The summed E-state index contributed by atoms with van der Waals surface area (Å²) in [6.07, 6.45) is 4.63. The van der Waals surface area contributed by atoms with Crippen LogP contribution in [0.5, 0.6) is 0 Å². The minimum Gasteiger partial charge on any atom is -0.377 e. The third-order valence-electron chi connectivity index (χ3n) is 4.63. The smallest absolute Gasteiger partial charge is 0.253 e. The molecule has 2 aromatic rings. The zero-order valence-electron chi connectivity index (χ0n) is 17.4. The van der Waals surface area contributed by atoms with E-state index in [-0.39, 0.29) is 17.6 Å². The largest absolute Gasteiger partial charge is 0.377 e. The third kappa shape index (κ3) is 7.22. The maximum atomic E-state index is 13.0. The van der Waals surface area contributed by atoms with Gasteiger partial charge >= 0.3 is 0 Å². The summed E-state index contributed by atoms with van der Waals surface area (Å²) in [5, 5.41) is 5.74. The molecule has 0 atom stereocenters. The normalized spacial score (nSPS) is 10.5. The lowest BCUT2D eigenvalue weighted by Crippen LogP contribution is -2.25. The molecule has 2 aromatic carbocycles. The summed E-state index contributed by atoms with van der Waals surface area (Å²) in [6, 6.07) is 11.3. The van der Waals surface area contributed by atoms with Crippen molar-refractivity contribution in [2.24, 2.45) is 0 Å². The average molecular weight is 400 g/mol. The standard InChI is InChI=1S/C23H30FN3O2/c1-4-5-6-7-8-22(28)26-19-13-14-21(27(2)3)20(15-19)23(29)25-16-17-9-11-18(24)12-10-17/h9-15H,4-8,16H2,1-3H3,(H,25,29)(H,26,28). The van der Waals surface area contributed by atoms with Gasteiger partial charge in [-0.2, -0.15) is 0 Å². The van der Waals surface area contributed by atoms with Gasteiger partial charge in [-0.1, -0.05) is 38.3 Å². The Hall–Kier alpha value is -2.89. The Morgan fingerprint density at radius 3 is 2.38 bits per heavy atom. The van der Waals surface area contributed by atoms with E-state index < -0.39 is 0 Å². The molecule has 0 aliphatic heterocycles. The topological polar surface area (TPSA) is 61.4 Å². The fourth-order valence-corrected chi connectivity index (χ4v) is 3.00. The monoisotopic (exact) mass is 399 g/mol. The zero-order chi connectivity index (χ0) is 21.2. The Bertz CT molecular complexity index is 819. The molecule has 0 aromatic heterocycles. The average Bonchev–Trinajstić information content (AvgIpc) is 2.70. The molecule has 0 saturated carbocycles. The van der Waals surface area contributed by atoms with E-state index in [2.05, 4.69) is 17.6 Å². The second-order valence-electron chi connectivity index (χ2n) is 7.29. The van der Waals surface area contributed by atoms with Crippen molar-refractivity contribution in [1.82, 2.24) is 5.32 Å². The first kappa shape index (κ1) is 22.4. The summed E-state index contributed by atoms with van der Waals surface area (Å²) in [5.41, 5.74) is 2.63. The van der Waals surface area contributed by atoms with E-state index in [0.29, 0.717) is 24.2 Å². The van der Waals surface area contributed by atoms with Gasteiger partial charge in [-0.05, 0) is 42.3 Å². The number of nitrogens with zero attached hydrogens (tertiary/aromatic N) is 1. The Balaban J connectivity index is 2.05. The van der Waals surface area contributed by atoms with Gasteiger partial charge in [0.15, 0.2) is 0 Å². The van der Waals surface area contributed by atoms with Crippen molar-refractivity contribution < 1.29 is 14.0 Å². The minimum atomic E-state index is -0.312. The van der Waals surface area contributed by atoms with E-state index in [1.807, 2.05) is 25.1 Å². The maximum absolute atomic E-state index is 13.0. The molecule has 2 rings (SSSR count). The van der Waals surface area contributed by atoms with E-state index >= 15 is 0 Å². The van der Waals surface area contributed by atoms with Crippen LogP contribution in [-0.4, -0.2) is 25.9 Å². The Labute approximate surface area is 172 Å². The number of hydrogen-bond acceptors (Lipinski definition) is 3. The van der Waals surface area contributed by atoms with Crippen LogP contribution in [-0.2, 0) is 11.3 Å². The molecular formula is C23H30FN3O2. The van der Waals surface area contributed by atoms with Crippen molar-refractivity contribution in [1.29, 1.82) is 0 Å². The first-order valence-corrected chi connectivity index (χ1v) is 10.0. The van der Waals surface area contributed by atoms with Crippen LogP contribution in [0.25, 0.3) is 0 Å². The maximum Gasteiger partial charge on any atom is 0.253 e. The van der Waals surface area contributed by atoms with E-state index in [1.54, 1.807) is 24.3 Å². The summed E-state index contributed by atoms with van der Waals surface area (Å²) in [7, 11) is 3.72. The van der Waals surface area contributed by atoms with Gasteiger partial charge in [-0.15, -0.1) is 0 Å². The molecule has 0 bridgehead atoms. The molecule has 0 unspecified atom stereocenters. The van der Waals surface area contributed by atoms with Gasteiger partial charge in [0.2, 0.25) is 5.91 Å². The predicted molar refractivity (Wildman–Crippen MR) is 116 cm³/mol. The molecule has 0 aliphatic carbocycles. The predicted octanol–water partition coefficient (Wildman–Crippen LogP) is 4.73. The van der Waals surface area contributed by atoms with Crippen LogP contribution < -0.4 is 15.5 Å². The molecule has 2 N–H and O–H groups in total. The van der Waals surface area contributed by atoms with E-state index in [1.165, 1.54) is 12.1 Å². The molecule has 0 saturated heterocycles. The fourth-order valence-electron chi connectivity index (χ4n) is 3.00. The molecule has 0 fully saturated rings. The van der Waals surface area contributed by atoms with Gasteiger partial charge in [-0.3, -0.25) is 9.59 Å². The molecule has 29 heavy (non-hydrogen) atoms. The van der Waals surface area contributed by atoms with Gasteiger partial charge in [0.25, 0.3) is 5.91 Å². The van der Waals surface area contributed by atoms with E-state index in [0.717, 1.165) is 36.9 Å². The SMILES string of the molecule is CCCCCCC(=O)Nc1ccc(N(C)C)c(C(=O)NCc2ccc(F)cc2)c1. The lowest BCUT2D eigenvalue weighted by Gasteiger charge is -2.18. The number of nitrogens with one attached hydrogen (secondary N) is 2. The lowest BCUT2D eigenvalue weighted by atomic mass is 10.1. The van der Waals surface area contributed by atoms with Gasteiger partial charge in [-0.25, -0.2) is 4.39 Å². The second-order valence-corrected chi connectivity index (χ2v) is 7.29. The molecule has 0 spiro atoms. The highest BCUT2D eigenvalue weighted by Crippen LogP contribution is 2.23. The fraction of sp³-hybridized carbons (Fsp3) is 0.391. The van der Waals surface area contributed by atoms with Crippen molar-refractivity contribution in [3.63, 3.8) is 0 Å². The lowest BCUT2D eigenvalue weighted by molar-refractivity contribution is -0.116. The first-order valence-electron chi connectivity index (χ1n) is 10.0. The molecule has 156 valence electrons. The Morgan fingerprint density at radius 2 is 1.72 bits per heavy atom. The van der Waals surface area contributed by atoms with Gasteiger partial charge in [0, 0.05) is 38.4 Å². The molecule has 0 aliphatic rings. The van der Waals surface area contributed by atoms with Crippen molar-refractivity contribution in [3.05, 3.63) is 59.4 Å². The van der Waals surface area contributed by atoms with Crippen LogP contribution in [0.15, 0.2) is 42.5 Å². The highest BCUT2D eigenvalue weighted by Gasteiger charge is 2.15. The van der Waals surface area contributed by atoms with Gasteiger partial charge < -0.3 is 15.5 Å². The van der Waals surface area contributed by atoms with Gasteiger partial charge in [0.05, 0.1) is 5.56 Å². The van der Waals surface area contributed by atoms with Crippen LogP contribution in [0.4, 0.5) is 15.8 Å². The summed E-state index contributed by atoms with van der Waals surface area (Å²) >= 11 is 0. The van der Waals surface area contributed by atoms with E-state index in [9.17, 15) is 14.0 Å². The Kier molecular flexibility index (Phi) is 8.65. The first-order chi connectivity index (χ1) is 13.9. The number of halogens is 1. The molecule has 5 nitrogen and oxygen atoms in total. The van der Waals surface area contributed by atoms with Crippen LogP contribution in [0.1, 0.15) is 54.9 Å². The van der Waals surface area contributed by atoms with Crippen molar-refractivity contribution in [2.75, 3.05) is 24.3 Å². The van der Waals surface area contributed by atoms with Crippen molar-refractivity contribution >= 4 is 23.2 Å². The number of benzene rings is 2. The number of carbonyl (C=O) groups is 2. The van der Waals surface area contributed by atoms with Crippen molar-refractivity contribution in [2.45, 2.75) is 45.6 Å². The van der Waals surface area contributed by atoms with Crippen molar-refractivity contribution in [3.8, 4) is 0 Å². The summed E-state index contributed by atoms with van der Waals surface area (Å²) in [5.74, 6) is -0.610. The molecule has 6 heteroatoms. The van der Waals surface area contributed by atoms with E-state index in [4.69, 9.17) is 0 Å². The number of carbonyl (C=O) groups excluding carboxylic acids is 2. The summed E-state index contributed by atoms with van der Waals surface area (Å²) in [4.78, 5) is 26.8. The third-order valence-corrected chi connectivity index (χ3v) is 4.63. The van der Waals surface area contributed by atoms with Gasteiger partial charge in [0.1, 0.15) is 5.82 Å². The number of hydrogen-bond donors (Lipinski definition) is 2. The van der Waals surface area contributed by atoms with Crippen LogP contribution >= 0.6 is 0 Å². The van der Waals surface area contributed by atoms with Crippen LogP contribution in [0.3, 0.4) is 0 Å². The zero-order valence-corrected chi connectivity index (χ0v) is 17.4. The van der Waals surface area contributed by atoms with Crippen LogP contribution in [0, 0.1) is 5.82 Å². The minimum absolute atomic E-state index is 0.0450. The number of amides is 2. The molecule has 2 amide bonds.